The van der Waals surface area contributed by atoms with Crippen LogP contribution in [0.2, 0.25) is 0 Å². The zero-order valence-electron chi connectivity index (χ0n) is 5.71. The number of thioether (sulfide) groups is 1. The molecule has 1 unspecified atom stereocenters. The van der Waals surface area contributed by atoms with Crippen molar-refractivity contribution in [3.05, 3.63) is 0 Å². The summed E-state index contributed by atoms with van der Waals surface area (Å²) in [4.78, 5) is 0. The van der Waals surface area contributed by atoms with Crippen LogP contribution >= 0.6 is 22.4 Å². The average Bonchev–Trinajstić information content (AvgIpc) is 2.32. The van der Waals surface area contributed by atoms with E-state index in [4.69, 9.17) is 10.7 Å². The molecule has 0 spiro atoms. The quantitative estimate of drug-likeness (QED) is 0.448. The predicted molar refractivity (Wildman–Crippen MR) is 48.0 cm³/mol. The standard InChI is InChI=1S/C6H7ClO2S2/c7-11(8,9)5-3-6-2-1-4-10-6/h6H,1-2,4H2. The van der Waals surface area contributed by atoms with Gasteiger partial charge in [-0.05, 0) is 18.6 Å². The third-order valence-electron chi connectivity index (χ3n) is 1.27. The van der Waals surface area contributed by atoms with Gasteiger partial charge in [0.25, 0.3) is 0 Å². The molecule has 0 N–H and O–H groups in total. The molecule has 1 aliphatic rings. The molecule has 1 atom stereocenters. The van der Waals surface area contributed by atoms with Gasteiger partial charge in [0.05, 0.1) is 5.25 Å². The number of hydrogen-bond donors (Lipinski definition) is 0. The fourth-order valence-corrected chi connectivity index (χ4v) is 2.41. The van der Waals surface area contributed by atoms with E-state index in [0.717, 1.165) is 18.6 Å². The lowest BCUT2D eigenvalue weighted by Crippen LogP contribution is -1.91. The van der Waals surface area contributed by atoms with Crippen LogP contribution in [0.4, 0.5) is 0 Å². The molecule has 0 bridgehead atoms. The predicted octanol–water partition coefficient (Wildman–Crippen LogP) is 1.41. The van der Waals surface area contributed by atoms with Crippen molar-refractivity contribution in [2.45, 2.75) is 18.1 Å². The largest absolute Gasteiger partial charge is 0.300 e. The molecule has 1 heterocycles. The topological polar surface area (TPSA) is 34.1 Å². The molecule has 62 valence electrons. The van der Waals surface area contributed by atoms with Gasteiger partial charge in [0, 0.05) is 15.9 Å². The van der Waals surface area contributed by atoms with E-state index in [1.54, 1.807) is 11.8 Å². The number of rotatable bonds is 0. The summed E-state index contributed by atoms with van der Waals surface area (Å²) < 4.78 is 20.7. The van der Waals surface area contributed by atoms with Crippen LogP contribution in [0, 0.1) is 11.2 Å². The van der Waals surface area contributed by atoms with Gasteiger partial charge >= 0.3 is 9.05 Å². The Bertz CT molecular complexity index is 279. The fraction of sp³-hybridized carbons (Fsp3) is 0.667. The highest BCUT2D eigenvalue weighted by Crippen LogP contribution is 2.25. The fourth-order valence-electron chi connectivity index (χ4n) is 0.828. The van der Waals surface area contributed by atoms with Gasteiger partial charge in [-0.25, -0.2) is 0 Å². The molecule has 0 aromatic carbocycles. The SMILES string of the molecule is O=S(=O)(Cl)C#CC1CCCS1. The summed E-state index contributed by atoms with van der Waals surface area (Å²) in [5, 5.41) is 2.20. The Morgan fingerprint density at radius 3 is 2.73 bits per heavy atom. The number of halogens is 1. The Kier molecular flexibility index (Phi) is 3.11. The summed E-state index contributed by atoms with van der Waals surface area (Å²) >= 11 is 1.69. The second-order valence-corrected chi connectivity index (χ2v) is 5.80. The molecule has 0 aromatic rings. The molecule has 1 fully saturated rings. The Labute approximate surface area is 75.1 Å². The van der Waals surface area contributed by atoms with Crippen molar-refractivity contribution in [2.75, 3.05) is 5.75 Å². The van der Waals surface area contributed by atoms with Gasteiger partial charge in [0.15, 0.2) is 0 Å². The van der Waals surface area contributed by atoms with Crippen LogP contribution in [0.3, 0.4) is 0 Å². The Morgan fingerprint density at radius 1 is 1.55 bits per heavy atom. The van der Waals surface area contributed by atoms with Crippen molar-refractivity contribution >= 4 is 31.5 Å². The molecule has 1 rings (SSSR count). The Morgan fingerprint density at radius 2 is 2.27 bits per heavy atom. The maximum atomic E-state index is 10.4. The zero-order valence-corrected chi connectivity index (χ0v) is 8.10. The van der Waals surface area contributed by atoms with Crippen LogP contribution in [0.1, 0.15) is 12.8 Å². The third kappa shape index (κ3) is 3.90. The summed E-state index contributed by atoms with van der Waals surface area (Å²) in [5.41, 5.74) is 0. The second-order valence-electron chi connectivity index (χ2n) is 2.19. The summed E-state index contributed by atoms with van der Waals surface area (Å²) in [6, 6.07) is 0. The van der Waals surface area contributed by atoms with E-state index in [1.807, 2.05) is 5.25 Å². The molecule has 0 saturated carbocycles. The van der Waals surface area contributed by atoms with Gasteiger partial charge in [-0.3, -0.25) is 0 Å². The van der Waals surface area contributed by atoms with E-state index < -0.39 is 9.05 Å². The Balaban J connectivity index is 2.56. The molecule has 1 aliphatic heterocycles. The average molecular weight is 211 g/mol. The van der Waals surface area contributed by atoms with Gasteiger partial charge in [-0.2, -0.15) is 8.42 Å². The van der Waals surface area contributed by atoms with Crippen LogP contribution in [0.5, 0.6) is 0 Å². The molecule has 0 radical (unpaired) electrons. The van der Waals surface area contributed by atoms with Gasteiger partial charge in [0.1, 0.15) is 0 Å². The maximum absolute atomic E-state index is 10.4. The summed E-state index contributed by atoms with van der Waals surface area (Å²) in [5.74, 6) is 3.69. The molecular weight excluding hydrogens is 204 g/mol. The maximum Gasteiger partial charge on any atom is 0.300 e. The van der Waals surface area contributed by atoms with Gasteiger partial charge < -0.3 is 0 Å². The van der Waals surface area contributed by atoms with Crippen molar-refractivity contribution in [3.8, 4) is 11.2 Å². The number of hydrogen-bond acceptors (Lipinski definition) is 3. The van der Waals surface area contributed by atoms with Gasteiger partial charge in [-0.1, -0.05) is 5.92 Å². The molecule has 0 amide bonds. The van der Waals surface area contributed by atoms with Crippen LogP contribution in [0.25, 0.3) is 0 Å². The minimum absolute atomic E-state index is 0.170. The minimum atomic E-state index is -3.61. The van der Waals surface area contributed by atoms with E-state index in [0.29, 0.717) is 0 Å². The first-order valence-electron chi connectivity index (χ1n) is 3.16. The van der Waals surface area contributed by atoms with Crippen molar-refractivity contribution in [1.29, 1.82) is 0 Å². The molecular formula is C6H7ClO2S2. The lowest BCUT2D eigenvalue weighted by Gasteiger charge is -1.92. The normalized spacial score (nSPS) is 24.3. The van der Waals surface area contributed by atoms with E-state index in [1.165, 1.54) is 0 Å². The molecule has 1 saturated heterocycles. The highest BCUT2D eigenvalue weighted by molar-refractivity contribution is 8.17. The lowest BCUT2D eigenvalue weighted by molar-refractivity contribution is 0.618. The summed E-state index contributed by atoms with van der Waals surface area (Å²) in [6.07, 6.45) is 2.09. The smallest absolute Gasteiger partial charge is 0.198 e. The summed E-state index contributed by atoms with van der Waals surface area (Å²) in [7, 11) is 1.29. The monoisotopic (exact) mass is 210 g/mol. The highest BCUT2D eigenvalue weighted by Gasteiger charge is 2.12. The zero-order chi connectivity index (χ0) is 8.32. The molecule has 0 aliphatic carbocycles. The third-order valence-corrected chi connectivity index (χ3v) is 3.14. The van der Waals surface area contributed by atoms with E-state index in [2.05, 4.69) is 5.92 Å². The van der Waals surface area contributed by atoms with Crippen molar-refractivity contribution in [1.82, 2.24) is 0 Å². The van der Waals surface area contributed by atoms with Crippen LogP contribution in [0.15, 0.2) is 0 Å². The van der Waals surface area contributed by atoms with Crippen molar-refractivity contribution in [3.63, 3.8) is 0 Å². The lowest BCUT2D eigenvalue weighted by atomic mass is 10.3. The molecule has 0 aromatic heterocycles. The first-order chi connectivity index (χ1) is 5.08. The first kappa shape index (κ1) is 9.24. The Hall–Kier alpha value is 0.150. The van der Waals surface area contributed by atoms with E-state index >= 15 is 0 Å². The van der Waals surface area contributed by atoms with E-state index in [9.17, 15) is 8.42 Å². The van der Waals surface area contributed by atoms with Crippen LogP contribution in [-0.4, -0.2) is 19.4 Å². The van der Waals surface area contributed by atoms with Gasteiger partial charge in [-0.15, -0.1) is 11.8 Å². The second kappa shape index (κ2) is 3.70. The summed E-state index contributed by atoms with van der Waals surface area (Å²) in [6.45, 7) is 0. The van der Waals surface area contributed by atoms with Crippen LogP contribution < -0.4 is 0 Å². The molecule has 5 heteroatoms. The minimum Gasteiger partial charge on any atom is -0.198 e. The van der Waals surface area contributed by atoms with Crippen molar-refractivity contribution < 1.29 is 8.42 Å². The highest BCUT2D eigenvalue weighted by atomic mass is 35.7. The van der Waals surface area contributed by atoms with E-state index in [-0.39, 0.29) is 5.25 Å². The van der Waals surface area contributed by atoms with Crippen molar-refractivity contribution in [2.24, 2.45) is 0 Å². The molecule has 2 nitrogen and oxygen atoms in total. The molecule has 11 heavy (non-hydrogen) atoms. The first-order valence-corrected chi connectivity index (χ1v) is 6.52. The van der Waals surface area contributed by atoms with Crippen LogP contribution in [-0.2, 0) is 9.05 Å². The van der Waals surface area contributed by atoms with Gasteiger partial charge in [0.2, 0.25) is 0 Å².